The number of rotatable bonds is 4. The maximum absolute atomic E-state index is 12.2. The van der Waals surface area contributed by atoms with Crippen molar-refractivity contribution in [3.63, 3.8) is 0 Å². The van der Waals surface area contributed by atoms with Gasteiger partial charge >= 0.3 is 0 Å². The monoisotopic (exact) mass is 327 g/mol. The number of aromatic nitrogens is 2. The molecule has 0 atom stereocenters. The lowest BCUT2D eigenvalue weighted by Crippen LogP contribution is -2.23. The molecule has 3 rings (SSSR count). The van der Waals surface area contributed by atoms with Crippen molar-refractivity contribution < 1.29 is 4.79 Å². The summed E-state index contributed by atoms with van der Waals surface area (Å²) < 4.78 is 2.13. The van der Waals surface area contributed by atoms with Crippen LogP contribution in [0.4, 0.5) is 0 Å². The summed E-state index contributed by atoms with van der Waals surface area (Å²) in [5.74, 6) is -0.177. The Morgan fingerprint density at radius 3 is 2.78 bits per heavy atom. The molecule has 1 aromatic heterocycles. The van der Waals surface area contributed by atoms with Gasteiger partial charge < -0.3 is 9.88 Å². The summed E-state index contributed by atoms with van der Waals surface area (Å²) in [6.45, 7) is 4.69. The Morgan fingerprint density at radius 2 is 2.04 bits per heavy atom. The number of halogens is 1. The number of hydrogen-bond donors (Lipinski definition) is 1. The molecule has 0 fully saturated rings. The van der Waals surface area contributed by atoms with Gasteiger partial charge in [-0.15, -0.1) is 0 Å². The van der Waals surface area contributed by atoms with Crippen LogP contribution in [0.1, 0.15) is 35.8 Å². The third kappa shape index (κ3) is 3.22. The van der Waals surface area contributed by atoms with Crippen molar-refractivity contribution in [3.05, 3.63) is 64.9 Å². The number of benzene rings is 2. The van der Waals surface area contributed by atoms with Gasteiger partial charge in [-0.05, 0) is 43.7 Å². The molecule has 0 saturated carbocycles. The van der Waals surface area contributed by atoms with Crippen LogP contribution in [0.3, 0.4) is 0 Å². The normalized spacial score (nSPS) is 11.1. The van der Waals surface area contributed by atoms with Crippen LogP contribution in [0.15, 0.2) is 48.8 Å². The zero-order valence-corrected chi connectivity index (χ0v) is 13.8. The molecule has 0 aliphatic rings. The van der Waals surface area contributed by atoms with Gasteiger partial charge in [-0.3, -0.25) is 4.79 Å². The maximum Gasteiger partial charge on any atom is 0.253 e. The number of amides is 1. The standard InChI is InChI=1S/C18H18ClN3O/c1-12(2)22-11-21-16-9-13(7-8-17(16)22)10-20-18(23)14-5-3-4-6-15(14)19/h3-9,11-12H,10H2,1-2H3,(H,20,23). The lowest BCUT2D eigenvalue weighted by molar-refractivity contribution is 0.0951. The summed E-state index contributed by atoms with van der Waals surface area (Å²) in [7, 11) is 0. The van der Waals surface area contributed by atoms with Crippen LogP contribution >= 0.6 is 11.6 Å². The van der Waals surface area contributed by atoms with Crippen molar-refractivity contribution in [1.82, 2.24) is 14.9 Å². The molecular formula is C18H18ClN3O. The minimum Gasteiger partial charge on any atom is -0.348 e. The number of imidazole rings is 1. The second-order valence-corrected chi connectivity index (χ2v) is 6.14. The van der Waals surface area contributed by atoms with Gasteiger partial charge in [-0.1, -0.05) is 29.8 Å². The molecule has 0 spiro atoms. The number of carbonyl (C=O) groups is 1. The predicted molar refractivity (Wildman–Crippen MR) is 92.7 cm³/mol. The van der Waals surface area contributed by atoms with E-state index in [4.69, 9.17) is 11.6 Å². The van der Waals surface area contributed by atoms with Gasteiger partial charge in [0.2, 0.25) is 0 Å². The van der Waals surface area contributed by atoms with Gasteiger partial charge in [-0.2, -0.15) is 0 Å². The second kappa shape index (κ2) is 6.42. The Hall–Kier alpha value is -2.33. The zero-order valence-electron chi connectivity index (χ0n) is 13.1. The maximum atomic E-state index is 12.2. The van der Waals surface area contributed by atoms with E-state index >= 15 is 0 Å². The van der Waals surface area contributed by atoms with E-state index in [0.717, 1.165) is 16.6 Å². The van der Waals surface area contributed by atoms with E-state index in [-0.39, 0.29) is 5.91 Å². The van der Waals surface area contributed by atoms with Crippen LogP contribution < -0.4 is 5.32 Å². The third-order valence-electron chi connectivity index (χ3n) is 3.77. The number of nitrogens with zero attached hydrogens (tertiary/aromatic N) is 2. The summed E-state index contributed by atoms with van der Waals surface area (Å²) in [5, 5.41) is 3.35. The van der Waals surface area contributed by atoms with Crippen LogP contribution in [-0.4, -0.2) is 15.5 Å². The van der Waals surface area contributed by atoms with Crippen molar-refractivity contribution in [3.8, 4) is 0 Å². The molecule has 23 heavy (non-hydrogen) atoms. The van der Waals surface area contributed by atoms with E-state index in [1.165, 1.54) is 0 Å². The first-order chi connectivity index (χ1) is 11.1. The van der Waals surface area contributed by atoms with Gasteiger partial charge in [0.05, 0.1) is 27.9 Å². The van der Waals surface area contributed by atoms with Crippen LogP contribution in [-0.2, 0) is 6.54 Å². The molecule has 4 nitrogen and oxygen atoms in total. The van der Waals surface area contributed by atoms with Crippen LogP contribution in [0, 0.1) is 0 Å². The van der Waals surface area contributed by atoms with Crippen molar-refractivity contribution >= 4 is 28.5 Å². The largest absolute Gasteiger partial charge is 0.348 e. The van der Waals surface area contributed by atoms with Crippen LogP contribution in [0.5, 0.6) is 0 Å². The summed E-state index contributed by atoms with van der Waals surface area (Å²) in [4.78, 5) is 16.6. The highest BCUT2D eigenvalue weighted by molar-refractivity contribution is 6.33. The zero-order chi connectivity index (χ0) is 16.4. The van der Waals surface area contributed by atoms with Crippen molar-refractivity contribution in [2.24, 2.45) is 0 Å². The summed E-state index contributed by atoms with van der Waals surface area (Å²) >= 11 is 6.04. The van der Waals surface area contributed by atoms with Crippen LogP contribution in [0.2, 0.25) is 5.02 Å². The summed E-state index contributed by atoms with van der Waals surface area (Å²) in [6.07, 6.45) is 1.85. The molecule has 5 heteroatoms. The Balaban J connectivity index is 1.75. The van der Waals surface area contributed by atoms with Crippen LogP contribution in [0.25, 0.3) is 11.0 Å². The number of carbonyl (C=O) groups excluding carboxylic acids is 1. The van der Waals surface area contributed by atoms with E-state index in [0.29, 0.717) is 23.2 Å². The van der Waals surface area contributed by atoms with E-state index < -0.39 is 0 Å². The molecule has 1 amide bonds. The highest BCUT2D eigenvalue weighted by Gasteiger charge is 2.10. The molecule has 0 saturated heterocycles. The second-order valence-electron chi connectivity index (χ2n) is 5.73. The van der Waals surface area contributed by atoms with Gasteiger partial charge in [0.1, 0.15) is 0 Å². The molecule has 118 valence electrons. The third-order valence-corrected chi connectivity index (χ3v) is 4.10. The highest BCUT2D eigenvalue weighted by Crippen LogP contribution is 2.19. The van der Waals surface area contributed by atoms with Gasteiger partial charge in [-0.25, -0.2) is 4.98 Å². The fraction of sp³-hybridized carbons (Fsp3) is 0.222. The molecule has 0 radical (unpaired) electrons. The minimum atomic E-state index is -0.177. The van der Waals surface area contributed by atoms with E-state index in [9.17, 15) is 4.79 Å². The lowest BCUT2D eigenvalue weighted by Gasteiger charge is -2.09. The van der Waals surface area contributed by atoms with E-state index in [1.807, 2.05) is 24.5 Å². The Morgan fingerprint density at radius 1 is 1.26 bits per heavy atom. The molecule has 2 aromatic carbocycles. The summed E-state index contributed by atoms with van der Waals surface area (Å²) in [5.41, 5.74) is 3.52. The van der Waals surface area contributed by atoms with Gasteiger partial charge in [0.15, 0.2) is 0 Å². The first kappa shape index (κ1) is 15.6. The Bertz CT molecular complexity index is 854. The van der Waals surface area contributed by atoms with E-state index in [2.05, 4.69) is 28.7 Å². The molecule has 1 heterocycles. The number of nitrogens with one attached hydrogen (secondary N) is 1. The topological polar surface area (TPSA) is 46.9 Å². The van der Waals surface area contributed by atoms with Gasteiger partial charge in [0.25, 0.3) is 5.91 Å². The average Bonchev–Trinajstić information content (AvgIpc) is 2.96. The summed E-state index contributed by atoms with van der Waals surface area (Å²) in [6, 6.07) is 13.4. The highest BCUT2D eigenvalue weighted by atomic mass is 35.5. The molecule has 0 aliphatic carbocycles. The van der Waals surface area contributed by atoms with E-state index in [1.54, 1.807) is 24.3 Å². The molecule has 0 unspecified atom stereocenters. The molecule has 3 aromatic rings. The lowest BCUT2D eigenvalue weighted by atomic mass is 10.1. The Kier molecular flexibility index (Phi) is 4.35. The SMILES string of the molecule is CC(C)n1cnc2cc(CNC(=O)c3ccccc3Cl)ccc21. The van der Waals surface area contributed by atoms with Crippen molar-refractivity contribution in [1.29, 1.82) is 0 Å². The molecule has 0 bridgehead atoms. The fourth-order valence-electron chi connectivity index (χ4n) is 2.52. The fourth-order valence-corrected chi connectivity index (χ4v) is 2.74. The predicted octanol–water partition coefficient (Wildman–Crippen LogP) is 4.20. The molecular weight excluding hydrogens is 310 g/mol. The quantitative estimate of drug-likeness (QED) is 0.780. The first-order valence-corrected chi connectivity index (χ1v) is 7.92. The van der Waals surface area contributed by atoms with Crippen molar-refractivity contribution in [2.75, 3.05) is 0 Å². The number of hydrogen-bond acceptors (Lipinski definition) is 2. The average molecular weight is 328 g/mol. The molecule has 1 N–H and O–H groups in total. The molecule has 0 aliphatic heterocycles. The van der Waals surface area contributed by atoms with Crippen molar-refractivity contribution in [2.45, 2.75) is 26.4 Å². The number of fused-ring (bicyclic) bond motifs is 1. The first-order valence-electron chi connectivity index (χ1n) is 7.54. The van der Waals surface area contributed by atoms with Gasteiger partial charge in [0, 0.05) is 12.6 Å². The smallest absolute Gasteiger partial charge is 0.253 e. The Labute approximate surface area is 140 Å². The minimum absolute atomic E-state index is 0.177.